The molecule has 0 radical (unpaired) electrons. The lowest BCUT2D eigenvalue weighted by atomic mass is 9.85. The quantitative estimate of drug-likeness (QED) is 0.302. The fourth-order valence-corrected chi connectivity index (χ4v) is 7.95. The summed E-state index contributed by atoms with van der Waals surface area (Å²) in [5, 5.41) is 9.70. The topological polar surface area (TPSA) is 71.3 Å². The molecule has 2 aromatic carbocycles. The van der Waals surface area contributed by atoms with E-state index in [4.69, 9.17) is 0 Å². The van der Waals surface area contributed by atoms with Crippen molar-refractivity contribution in [1.29, 1.82) is 0 Å². The van der Waals surface area contributed by atoms with E-state index in [9.17, 15) is 8.42 Å². The second kappa shape index (κ2) is 10.9. The first kappa shape index (κ1) is 26.4. The van der Waals surface area contributed by atoms with E-state index in [0.29, 0.717) is 18.0 Å². The highest BCUT2D eigenvalue weighted by Crippen LogP contribution is 2.33. The molecule has 1 saturated heterocycles. The van der Waals surface area contributed by atoms with Crippen molar-refractivity contribution in [2.45, 2.75) is 56.1 Å². The molecule has 1 fully saturated rings. The SMILES string of the molecule is Cn1c(SCCCN2CCc3ccc(S(=O)(=O)N4CCCC(C)(C)C4)cc3C2)nnc1-c1ccccc1. The fourth-order valence-electron chi connectivity index (χ4n) is 5.40. The van der Waals surface area contributed by atoms with Gasteiger partial charge in [-0.25, -0.2) is 8.42 Å². The van der Waals surface area contributed by atoms with Crippen molar-refractivity contribution < 1.29 is 8.42 Å². The summed E-state index contributed by atoms with van der Waals surface area (Å²) in [4.78, 5) is 2.88. The van der Waals surface area contributed by atoms with Gasteiger partial charge in [-0.15, -0.1) is 10.2 Å². The van der Waals surface area contributed by atoms with Gasteiger partial charge in [0.2, 0.25) is 10.0 Å². The molecule has 0 bridgehead atoms. The maximum atomic E-state index is 13.4. The van der Waals surface area contributed by atoms with Crippen molar-refractivity contribution >= 4 is 21.8 Å². The van der Waals surface area contributed by atoms with Gasteiger partial charge < -0.3 is 4.57 Å². The number of thioether (sulfide) groups is 1. The van der Waals surface area contributed by atoms with Crippen LogP contribution in [0.4, 0.5) is 0 Å². The summed E-state index contributed by atoms with van der Waals surface area (Å²) in [7, 11) is -1.44. The van der Waals surface area contributed by atoms with Crippen LogP contribution in [0.2, 0.25) is 0 Å². The van der Waals surface area contributed by atoms with Gasteiger partial charge >= 0.3 is 0 Å². The highest BCUT2D eigenvalue weighted by molar-refractivity contribution is 7.99. The number of hydrogen-bond donors (Lipinski definition) is 0. The lowest BCUT2D eigenvalue weighted by Gasteiger charge is -2.37. The predicted octanol–water partition coefficient (Wildman–Crippen LogP) is 4.83. The second-order valence-electron chi connectivity index (χ2n) is 11.0. The molecule has 3 heterocycles. The van der Waals surface area contributed by atoms with Crippen molar-refractivity contribution in [2.24, 2.45) is 12.5 Å². The Balaban J connectivity index is 1.17. The van der Waals surface area contributed by atoms with Crippen molar-refractivity contribution in [1.82, 2.24) is 24.0 Å². The summed E-state index contributed by atoms with van der Waals surface area (Å²) < 4.78 is 30.6. The Bertz CT molecular complexity index is 1340. The number of sulfonamides is 1. The van der Waals surface area contributed by atoms with Gasteiger partial charge in [0.1, 0.15) is 0 Å². The smallest absolute Gasteiger partial charge is 0.243 e. The van der Waals surface area contributed by atoms with Crippen LogP contribution in [-0.2, 0) is 30.0 Å². The van der Waals surface area contributed by atoms with Crippen LogP contribution in [0, 0.1) is 5.41 Å². The van der Waals surface area contributed by atoms with Gasteiger partial charge in [-0.2, -0.15) is 4.31 Å². The van der Waals surface area contributed by atoms with Gasteiger partial charge in [0.15, 0.2) is 11.0 Å². The molecule has 0 unspecified atom stereocenters. The first-order valence-electron chi connectivity index (χ1n) is 13.1. The van der Waals surface area contributed by atoms with Crippen LogP contribution in [0.25, 0.3) is 11.4 Å². The monoisotopic (exact) mass is 539 g/mol. The van der Waals surface area contributed by atoms with Gasteiger partial charge in [0.05, 0.1) is 4.90 Å². The molecule has 2 aliphatic rings. The summed E-state index contributed by atoms with van der Waals surface area (Å²) in [6.07, 6.45) is 3.99. The lowest BCUT2D eigenvalue weighted by Crippen LogP contribution is -2.43. The molecule has 0 aliphatic carbocycles. The van der Waals surface area contributed by atoms with Crippen LogP contribution in [0.3, 0.4) is 0 Å². The van der Waals surface area contributed by atoms with E-state index < -0.39 is 10.0 Å². The largest absolute Gasteiger partial charge is 0.305 e. The maximum Gasteiger partial charge on any atom is 0.243 e. The average Bonchev–Trinajstić information content (AvgIpc) is 3.26. The molecule has 0 saturated carbocycles. The van der Waals surface area contributed by atoms with E-state index in [-0.39, 0.29) is 5.41 Å². The van der Waals surface area contributed by atoms with E-state index in [1.807, 2.05) is 43.4 Å². The summed E-state index contributed by atoms with van der Waals surface area (Å²) in [6, 6.07) is 15.9. The number of hydrogen-bond acceptors (Lipinski definition) is 6. The molecular weight excluding hydrogens is 502 g/mol. The highest BCUT2D eigenvalue weighted by atomic mass is 32.2. The first-order valence-corrected chi connectivity index (χ1v) is 15.6. The zero-order valence-electron chi connectivity index (χ0n) is 22.1. The molecule has 0 N–H and O–H groups in total. The standard InChI is InChI=1S/C28H37N5O2S2/c1-28(2)14-7-16-33(21-28)37(34,35)25-12-11-22-13-17-32(20-24(22)19-25)15-8-18-36-27-30-29-26(31(27)3)23-9-5-4-6-10-23/h4-6,9-12,19H,7-8,13-18,20-21H2,1-3H3. The van der Waals surface area contributed by atoms with E-state index in [0.717, 1.165) is 73.2 Å². The van der Waals surface area contributed by atoms with E-state index in [1.165, 1.54) is 5.56 Å². The van der Waals surface area contributed by atoms with Crippen molar-refractivity contribution in [3.8, 4) is 11.4 Å². The lowest BCUT2D eigenvalue weighted by molar-refractivity contribution is 0.187. The molecule has 9 heteroatoms. The number of rotatable bonds is 8. The third-order valence-electron chi connectivity index (χ3n) is 7.49. The summed E-state index contributed by atoms with van der Waals surface area (Å²) in [5.74, 6) is 1.85. The zero-order chi connectivity index (χ0) is 26.0. The Morgan fingerprint density at radius 1 is 1.03 bits per heavy atom. The number of aromatic nitrogens is 3. The molecule has 3 aromatic rings. The van der Waals surface area contributed by atoms with Crippen LogP contribution >= 0.6 is 11.8 Å². The number of benzene rings is 2. The minimum Gasteiger partial charge on any atom is -0.305 e. The number of nitrogens with zero attached hydrogens (tertiary/aromatic N) is 5. The van der Waals surface area contributed by atoms with Crippen LogP contribution in [-0.4, -0.2) is 64.3 Å². The van der Waals surface area contributed by atoms with E-state index >= 15 is 0 Å². The normalized spacial score (nSPS) is 18.6. The molecule has 0 spiro atoms. The summed E-state index contributed by atoms with van der Waals surface area (Å²) >= 11 is 1.74. The Kier molecular flexibility index (Phi) is 7.77. The molecule has 37 heavy (non-hydrogen) atoms. The predicted molar refractivity (Wildman–Crippen MR) is 149 cm³/mol. The van der Waals surface area contributed by atoms with Crippen molar-refractivity contribution in [3.05, 3.63) is 59.7 Å². The average molecular weight is 540 g/mol. The van der Waals surface area contributed by atoms with Crippen molar-refractivity contribution in [2.75, 3.05) is 31.9 Å². The Hall–Kier alpha value is -2.20. The molecular formula is C28H37N5O2S2. The molecule has 0 amide bonds. The van der Waals surface area contributed by atoms with Crippen LogP contribution in [0.1, 0.15) is 44.2 Å². The molecule has 5 rings (SSSR count). The highest BCUT2D eigenvalue weighted by Gasteiger charge is 2.34. The third kappa shape index (κ3) is 5.95. The third-order valence-corrected chi connectivity index (χ3v) is 10.4. The first-order chi connectivity index (χ1) is 17.7. The van der Waals surface area contributed by atoms with Gasteiger partial charge in [0.25, 0.3) is 0 Å². The number of fused-ring (bicyclic) bond motifs is 1. The molecule has 2 aliphatic heterocycles. The van der Waals surface area contributed by atoms with Gasteiger partial charge in [-0.05, 0) is 60.9 Å². The van der Waals surface area contributed by atoms with Crippen LogP contribution < -0.4 is 0 Å². The Morgan fingerprint density at radius 2 is 1.84 bits per heavy atom. The summed E-state index contributed by atoms with van der Waals surface area (Å²) in [5.41, 5.74) is 3.53. The minimum absolute atomic E-state index is 0.0302. The molecule has 7 nitrogen and oxygen atoms in total. The maximum absolute atomic E-state index is 13.4. The van der Waals surface area contributed by atoms with E-state index in [1.54, 1.807) is 16.1 Å². The molecule has 198 valence electrons. The second-order valence-corrected chi connectivity index (χ2v) is 14.0. The number of piperidine rings is 1. The summed E-state index contributed by atoms with van der Waals surface area (Å²) in [6.45, 7) is 8.31. The Labute approximate surface area is 225 Å². The Morgan fingerprint density at radius 3 is 2.62 bits per heavy atom. The van der Waals surface area contributed by atoms with Crippen LogP contribution in [0.15, 0.2) is 58.6 Å². The van der Waals surface area contributed by atoms with Crippen LogP contribution in [0.5, 0.6) is 0 Å². The molecule has 1 aromatic heterocycles. The molecule has 0 atom stereocenters. The van der Waals surface area contributed by atoms with Gasteiger partial charge in [0, 0.05) is 44.5 Å². The van der Waals surface area contributed by atoms with E-state index in [2.05, 4.69) is 45.6 Å². The van der Waals surface area contributed by atoms with Crippen molar-refractivity contribution in [3.63, 3.8) is 0 Å². The minimum atomic E-state index is -3.46. The van der Waals surface area contributed by atoms with Gasteiger partial charge in [-0.1, -0.05) is 62.0 Å². The fraction of sp³-hybridized carbons (Fsp3) is 0.500. The van der Waals surface area contributed by atoms with Gasteiger partial charge in [-0.3, -0.25) is 4.90 Å². The zero-order valence-corrected chi connectivity index (χ0v) is 23.7.